The van der Waals surface area contributed by atoms with Gasteiger partial charge in [-0.3, -0.25) is 14.9 Å². The Morgan fingerprint density at radius 1 is 1.23 bits per heavy atom. The van der Waals surface area contributed by atoms with E-state index in [2.05, 4.69) is 5.32 Å². The first-order chi connectivity index (χ1) is 14.9. The molecule has 0 spiro atoms. The van der Waals surface area contributed by atoms with Crippen molar-refractivity contribution in [3.8, 4) is 6.07 Å². The van der Waals surface area contributed by atoms with Crippen molar-refractivity contribution >= 4 is 23.1 Å². The Balaban J connectivity index is 1.88. The van der Waals surface area contributed by atoms with Crippen molar-refractivity contribution in [2.45, 2.75) is 19.3 Å². The molecule has 4 rings (SSSR count). The van der Waals surface area contributed by atoms with Gasteiger partial charge in [0.05, 0.1) is 28.7 Å². The van der Waals surface area contributed by atoms with E-state index in [4.69, 9.17) is 10.00 Å². The zero-order valence-corrected chi connectivity index (χ0v) is 16.5. The van der Waals surface area contributed by atoms with Gasteiger partial charge in [-0.25, -0.2) is 4.79 Å². The number of non-ortho nitro benzene ring substituents is 1. The lowest BCUT2D eigenvalue weighted by Gasteiger charge is -2.29. The molecular formula is C23H17N3O5. The Kier molecular flexibility index (Phi) is 5.09. The number of esters is 1. The molecule has 0 bridgehead atoms. The van der Waals surface area contributed by atoms with Crippen molar-refractivity contribution in [2.24, 2.45) is 0 Å². The number of nitriles is 1. The Morgan fingerprint density at radius 3 is 2.68 bits per heavy atom. The summed E-state index contributed by atoms with van der Waals surface area (Å²) >= 11 is 0. The number of fused-ring (bicyclic) bond motifs is 2. The van der Waals surface area contributed by atoms with E-state index in [0.29, 0.717) is 33.7 Å². The van der Waals surface area contributed by atoms with Crippen molar-refractivity contribution in [3.63, 3.8) is 0 Å². The maximum Gasteiger partial charge on any atom is 0.336 e. The van der Waals surface area contributed by atoms with Crippen molar-refractivity contribution in [2.75, 3.05) is 6.61 Å². The SMILES string of the molecule is CC1=C(C(=O)OCCC#N)[C@H](c2cccc([N+](=O)[O-])c2)C2=C(N1)c1ccccc1C2=O. The molecule has 1 atom stereocenters. The third-order valence-electron chi connectivity index (χ3n) is 5.33. The van der Waals surface area contributed by atoms with Gasteiger partial charge in [-0.1, -0.05) is 36.4 Å². The van der Waals surface area contributed by atoms with Gasteiger partial charge in [0.15, 0.2) is 5.78 Å². The van der Waals surface area contributed by atoms with Crippen LogP contribution >= 0.6 is 0 Å². The van der Waals surface area contributed by atoms with E-state index in [-0.39, 0.29) is 30.1 Å². The molecule has 2 aromatic carbocycles. The van der Waals surface area contributed by atoms with E-state index in [1.807, 2.05) is 18.2 Å². The molecule has 0 aromatic heterocycles. The number of allylic oxidation sites excluding steroid dienone is 2. The number of nitrogens with zero attached hydrogens (tertiary/aromatic N) is 2. The minimum Gasteiger partial charge on any atom is -0.461 e. The lowest BCUT2D eigenvalue weighted by molar-refractivity contribution is -0.384. The third-order valence-corrected chi connectivity index (χ3v) is 5.33. The quantitative estimate of drug-likeness (QED) is 0.342. The zero-order valence-electron chi connectivity index (χ0n) is 16.5. The first-order valence-electron chi connectivity index (χ1n) is 9.58. The van der Waals surface area contributed by atoms with Gasteiger partial charge in [-0.15, -0.1) is 0 Å². The number of benzene rings is 2. The number of nitro benzene ring substituents is 1. The Labute approximate surface area is 177 Å². The molecule has 0 radical (unpaired) electrons. The molecule has 31 heavy (non-hydrogen) atoms. The number of nitrogens with one attached hydrogen (secondary N) is 1. The summed E-state index contributed by atoms with van der Waals surface area (Å²) in [7, 11) is 0. The number of ketones is 1. The number of carbonyl (C=O) groups is 2. The van der Waals surface area contributed by atoms with Crippen LogP contribution < -0.4 is 5.32 Å². The number of rotatable bonds is 5. The molecule has 1 aliphatic carbocycles. The fourth-order valence-electron chi connectivity index (χ4n) is 4.02. The first kappa shape index (κ1) is 20.0. The summed E-state index contributed by atoms with van der Waals surface area (Å²) < 4.78 is 5.26. The summed E-state index contributed by atoms with van der Waals surface area (Å²) in [5.74, 6) is -1.76. The van der Waals surface area contributed by atoms with Crippen LogP contribution in [-0.2, 0) is 9.53 Å². The van der Waals surface area contributed by atoms with Crippen LogP contribution in [0.2, 0.25) is 0 Å². The molecule has 154 valence electrons. The van der Waals surface area contributed by atoms with E-state index >= 15 is 0 Å². The van der Waals surface area contributed by atoms with E-state index < -0.39 is 16.8 Å². The first-order valence-corrected chi connectivity index (χ1v) is 9.58. The van der Waals surface area contributed by atoms with Gasteiger partial charge in [0.1, 0.15) is 6.61 Å². The molecule has 2 aromatic rings. The number of nitro groups is 1. The smallest absolute Gasteiger partial charge is 0.336 e. The average Bonchev–Trinajstić information content (AvgIpc) is 3.05. The molecule has 2 aliphatic rings. The van der Waals surface area contributed by atoms with Crippen LogP contribution in [-0.4, -0.2) is 23.3 Å². The minimum atomic E-state index is -0.842. The largest absolute Gasteiger partial charge is 0.461 e. The molecule has 0 amide bonds. The maximum absolute atomic E-state index is 13.3. The second-order valence-electron chi connectivity index (χ2n) is 7.16. The van der Waals surface area contributed by atoms with E-state index in [1.165, 1.54) is 18.2 Å². The normalized spacial score (nSPS) is 16.9. The zero-order chi connectivity index (χ0) is 22.1. The van der Waals surface area contributed by atoms with Crippen molar-refractivity contribution < 1.29 is 19.2 Å². The van der Waals surface area contributed by atoms with Crippen LogP contribution in [0.15, 0.2) is 65.4 Å². The summed E-state index contributed by atoms with van der Waals surface area (Å²) in [6.45, 7) is 1.61. The Morgan fingerprint density at radius 2 is 1.97 bits per heavy atom. The second kappa shape index (κ2) is 7.88. The summed E-state index contributed by atoms with van der Waals surface area (Å²) in [5, 5.41) is 23.2. The van der Waals surface area contributed by atoms with Crippen LogP contribution in [0.3, 0.4) is 0 Å². The predicted octanol–water partition coefficient (Wildman–Crippen LogP) is 3.62. The number of ether oxygens (including phenoxy) is 1. The third kappa shape index (κ3) is 3.36. The van der Waals surface area contributed by atoms with Gasteiger partial charge in [0, 0.05) is 40.4 Å². The predicted molar refractivity (Wildman–Crippen MR) is 111 cm³/mol. The van der Waals surface area contributed by atoms with Crippen LogP contribution in [0.5, 0.6) is 0 Å². The van der Waals surface area contributed by atoms with Crippen molar-refractivity contribution in [1.29, 1.82) is 5.26 Å². The number of Topliss-reactive ketones (excluding diaryl/α,β-unsaturated/α-hetero) is 1. The molecule has 1 N–H and O–H groups in total. The fourth-order valence-corrected chi connectivity index (χ4v) is 4.02. The van der Waals surface area contributed by atoms with E-state index in [1.54, 1.807) is 25.1 Å². The molecular weight excluding hydrogens is 398 g/mol. The molecule has 8 nitrogen and oxygen atoms in total. The summed E-state index contributed by atoms with van der Waals surface area (Å²) in [6, 6.07) is 14.9. The highest BCUT2D eigenvalue weighted by molar-refractivity contribution is 6.23. The number of hydrogen-bond donors (Lipinski definition) is 1. The van der Waals surface area contributed by atoms with Gasteiger partial charge in [-0.05, 0) is 12.5 Å². The van der Waals surface area contributed by atoms with Gasteiger partial charge in [0.25, 0.3) is 5.69 Å². The summed E-state index contributed by atoms with van der Waals surface area (Å²) in [4.78, 5) is 37.1. The van der Waals surface area contributed by atoms with Crippen LogP contribution in [0.1, 0.15) is 40.7 Å². The highest BCUT2D eigenvalue weighted by Crippen LogP contribution is 2.47. The molecule has 1 aliphatic heterocycles. The van der Waals surface area contributed by atoms with Crippen LogP contribution in [0.25, 0.3) is 5.70 Å². The fraction of sp³-hybridized carbons (Fsp3) is 0.174. The maximum atomic E-state index is 13.3. The van der Waals surface area contributed by atoms with Crippen LogP contribution in [0.4, 0.5) is 5.69 Å². The highest BCUT2D eigenvalue weighted by atomic mass is 16.6. The standard InChI is InChI=1S/C23H17N3O5/c1-13-18(23(28)31-11-5-10-24)19(14-6-4-7-15(12-14)26(29)30)20-21(25-13)16-8-2-3-9-17(16)22(20)27/h2-4,6-9,12,19,25H,5,11H2,1H3/t19-/m0/s1. The van der Waals surface area contributed by atoms with E-state index in [0.717, 1.165) is 0 Å². The molecule has 0 unspecified atom stereocenters. The number of dihydropyridines is 1. The number of carbonyl (C=O) groups excluding carboxylic acids is 2. The average molecular weight is 415 g/mol. The second-order valence-corrected chi connectivity index (χ2v) is 7.16. The van der Waals surface area contributed by atoms with Crippen molar-refractivity contribution in [1.82, 2.24) is 5.32 Å². The molecule has 8 heteroatoms. The van der Waals surface area contributed by atoms with Gasteiger partial charge in [-0.2, -0.15) is 5.26 Å². The Hall–Kier alpha value is -4.25. The highest BCUT2D eigenvalue weighted by Gasteiger charge is 2.43. The summed E-state index contributed by atoms with van der Waals surface area (Å²) in [6.07, 6.45) is 0.0330. The summed E-state index contributed by atoms with van der Waals surface area (Å²) in [5.41, 5.74) is 3.13. The van der Waals surface area contributed by atoms with Crippen LogP contribution in [0, 0.1) is 21.4 Å². The monoisotopic (exact) mass is 415 g/mol. The lowest BCUT2D eigenvalue weighted by Crippen LogP contribution is -2.29. The molecule has 0 fully saturated rings. The molecule has 0 saturated heterocycles. The van der Waals surface area contributed by atoms with Gasteiger partial charge >= 0.3 is 5.97 Å². The minimum absolute atomic E-state index is 0.0330. The van der Waals surface area contributed by atoms with Crippen molar-refractivity contribution in [3.05, 3.63) is 92.2 Å². The molecule has 1 heterocycles. The topological polar surface area (TPSA) is 122 Å². The van der Waals surface area contributed by atoms with Gasteiger partial charge < -0.3 is 10.1 Å². The van der Waals surface area contributed by atoms with E-state index in [9.17, 15) is 19.7 Å². The van der Waals surface area contributed by atoms with Gasteiger partial charge in [0.2, 0.25) is 0 Å². The lowest BCUT2D eigenvalue weighted by atomic mass is 9.79. The number of hydrogen-bond acceptors (Lipinski definition) is 7. The Bertz CT molecular complexity index is 1240. The molecule has 0 saturated carbocycles.